The number of imidazole rings is 1. The second-order valence-electron chi connectivity index (χ2n) is 8.75. The van der Waals surface area contributed by atoms with E-state index in [0.29, 0.717) is 29.0 Å². The summed E-state index contributed by atoms with van der Waals surface area (Å²) < 4.78 is 14.1. The van der Waals surface area contributed by atoms with Crippen LogP contribution in [0.15, 0.2) is 43.0 Å². The van der Waals surface area contributed by atoms with Gasteiger partial charge in [0.25, 0.3) is 5.95 Å². The highest BCUT2D eigenvalue weighted by Gasteiger charge is 2.44. The zero-order valence-electron chi connectivity index (χ0n) is 18.9. The van der Waals surface area contributed by atoms with Crippen molar-refractivity contribution in [2.45, 2.75) is 43.4 Å². The Morgan fingerprint density at radius 3 is 2.60 bits per heavy atom. The number of fused-ring (bicyclic) bond motifs is 1. The first-order chi connectivity index (χ1) is 17.1. The summed E-state index contributed by atoms with van der Waals surface area (Å²) in [6.45, 7) is -0.419. The van der Waals surface area contributed by atoms with Crippen LogP contribution in [0.3, 0.4) is 0 Å². The van der Waals surface area contributed by atoms with Crippen molar-refractivity contribution >= 4 is 17.0 Å². The Balaban J connectivity index is 1.41. The van der Waals surface area contributed by atoms with Gasteiger partial charge < -0.3 is 30.1 Å². The highest BCUT2D eigenvalue weighted by atomic mass is 16.6. The maximum absolute atomic E-state index is 10.5. The van der Waals surface area contributed by atoms with E-state index in [1.165, 1.54) is 6.33 Å². The van der Waals surface area contributed by atoms with Crippen molar-refractivity contribution < 1.29 is 24.8 Å². The normalized spacial score (nSPS) is 24.2. The first-order valence-electron chi connectivity index (χ1n) is 11.4. The van der Waals surface area contributed by atoms with Crippen LogP contribution >= 0.6 is 0 Å². The van der Waals surface area contributed by atoms with Gasteiger partial charge >= 0.3 is 0 Å². The molecule has 1 aromatic carbocycles. The van der Waals surface area contributed by atoms with E-state index in [9.17, 15) is 15.3 Å². The van der Waals surface area contributed by atoms with Gasteiger partial charge in [0.05, 0.1) is 26.2 Å². The van der Waals surface area contributed by atoms with Crippen molar-refractivity contribution in [1.29, 1.82) is 0 Å². The molecule has 0 radical (unpaired) electrons. The summed E-state index contributed by atoms with van der Waals surface area (Å²) in [5, 5.41) is 38.1. The highest BCUT2D eigenvalue weighted by Crippen LogP contribution is 2.34. The van der Waals surface area contributed by atoms with Crippen molar-refractivity contribution in [3.05, 3.63) is 43.0 Å². The fourth-order valence-corrected chi connectivity index (χ4v) is 4.19. The predicted molar refractivity (Wildman–Crippen MR) is 124 cm³/mol. The van der Waals surface area contributed by atoms with Crippen LogP contribution in [0.1, 0.15) is 19.1 Å². The maximum atomic E-state index is 10.5. The number of methoxy groups -OCH3 is 1. The largest absolute Gasteiger partial charge is 0.497 e. The van der Waals surface area contributed by atoms with E-state index < -0.39 is 31.1 Å². The van der Waals surface area contributed by atoms with Gasteiger partial charge in [-0.1, -0.05) is 12.1 Å². The topological polar surface area (TPSA) is 153 Å². The van der Waals surface area contributed by atoms with Crippen molar-refractivity contribution in [2.24, 2.45) is 0 Å². The second-order valence-corrected chi connectivity index (χ2v) is 8.75. The first kappa shape index (κ1) is 21.9. The van der Waals surface area contributed by atoms with Gasteiger partial charge in [0.15, 0.2) is 23.2 Å². The molecule has 2 fully saturated rings. The molecule has 4 aromatic rings. The molecular formula is C23H25N7O5. The van der Waals surface area contributed by atoms with E-state index in [-0.39, 0.29) is 0 Å². The average Bonchev–Trinajstić information content (AvgIpc) is 3.27. The van der Waals surface area contributed by atoms with E-state index >= 15 is 0 Å². The van der Waals surface area contributed by atoms with Crippen molar-refractivity contribution in [1.82, 2.24) is 29.3 Å². The average molecular weight is 479 g/mol. The Morgan fingerprint density at radius 1 is 1.11 bits per heavy atom. The van der Waals surface area contributed by atoms with Crippen LogP contribution in [0.2, 0.25) is 0 Å². The Bertz CT molecular complexity index is 1350. The van der Waals surface area contributed by atoms with Gasteiger partial charge in [-0.25, -0.2) is 9.67 Å². The van der Waals surface area contributed by atoms with Crippen LogP contribution in [0.25, 0.3) is 28.2 Å². The van der Waals surface area contributed by atoms with Crippen LogP contribution in [-0.2, 0) is 4.74 Å². The number of nitrogens with one attached hydrogen (secondary N) is 1. The molecule has 1 aliphatic heterocycles. The maximum Gasteiger partial charge on any atom is 0.254 e. The Labute approximate surface area is 199 Å². The standard InChI is InChI=1S/C23H25N7O5/c1-34-15-6-2-12(3-7-15)13-8-25-30(9-13)23-27-20(26-14-4-5-14)17-21(28-23)29(11-24-17)22-19(33)18(32)16(10-31)35-22/h2-3,6-9,11,14,16,18-19,22,31-33H,4-5,10H2,1H3,(H,26,27,28)/t16-,18-,19-,22-/m1/s1. The Morgan fingerprint density at radius 2 is 1.91 bits per heavy atom. The molecule has 4 heterocycles. The summed E-state index contributed by atoms with van der Waals surface area (Å²) >= 11 is 0. The Kier molecular flexibility index (Phi) is 5.37. The van der Waals surface area contributed by atoms with Gasteiger partial charge in [-0.2, -0.15) is 15.1 Å². The number of ether oxygens (including phenoxy) is 2. The number of aromatic nitrogens is 6. The molecule has 1 saturated heterocycles. The molecule has 0 bridgehead atoms. The molecule has 2 aliphatic rings. The van der Waals surface area contributed by atoms with Crippen molar-refractivity contribution in [3.8, 4) is 22.8 Å². The molecule has 0 amide bonds. The zero-order chi connectivity index (χ0) is 24.1. The number of aliphatic hydroxyl groups excluding tert-OH is 3. The number of anilines is 1. The molecule has 6 rings (SSSR count). The number of nitrogens with zero attached hydrogens (tertiary/aromatic N) is 6. The molecule has 4 atom stereocenters. The molecule has 35 heavy (non-hydrogen) atoms. The molecule has 4 N–H and O–H groups in total. The van der Waals surface area contributed by atoms with Crippen LogP contribution < -0.4 is 10.1 Å². The summed E-state index contributed by atoms with van der Waals surface area (Å²) in [5.74, 6) is 1.64. The lowest BCUT2D eigenvalue weighted by Gasteiger charge is -2.17. The monoisotopic (exact) mass is 479 g/mol. The minimum atomic E-state index is -1.26. The summed E-state index contributed by atoms with van der Waals surface area (Å²) in [6.07, 6.45) is 2.78. The quantitative estimate of drug-likeness (QED) is 0.300. The third kappa shape index (κ3) is 3.90. The lowest BCUT2D eigenvalue weighted by atomic mass is 10.1. The molecule has 1 saturated carbocycles. The summed E-state index contributed by atoms with van der Waals surface area (Å²) in [5.41, 5.74) is 2.77. The molecule has 12 nitrogen and oxygen atoms in total. The lowest BCUT2D eigenvalue weighted by molar-refractivity contribution is -0.0511. The fraction of sp³-hybridized carbons (Fsp3) is 0.391. The number of benzene rings is 1. The van der Waals surface area contributed by atoms with E-state index in [4.69, 9.17) is 9.47 Å². The van der Waals surface area contributed by atoms with Crippen LogP contribution in [0.5, 0.6) is 5.75 Å². The van der Waals surface area contributed by atoms with Gasteiger partial charge in [0.2, 0.25) is 0 Å². The van der Waals surface area contributed by atoms with Gasteiger partial charge in [-0.15, -0.1) is 0 Å². The van der Waals surface area contributed by atoms with E-state index in [2.05, 4.69) is 25.4 Å². The molecule has 3 aromatic heterocycles. The smallest absolute Gasteiger partial charge is 0.254 e. The third-order valence-electron chi connectivity index (χ3n) is 6.33. The molecule has 0 spiro atoms. The van der Waals surface area contributed by atoms with E-state index in [0.717, 1.165) is 29.7 Å². The fourth-order valence-electron chi connectivity index (χ4n) is 4.19. The van der Waals surface area contributed by atoms with Crippen molar-refractivity contribution in [3.63, 3.8) is 0 Å². The van der Waals surface area contributed by atoms with Crippen LogP contribution in [0.4, 0.5) is 5.82 Å². The number of aliphatic hydroxyl groups is 3. The minimum absolute atomic E-state index is 0.312. The molecule has 182 valence electrons. The summed E-state index contributed by atoms with van der Waals surface area (Å²) in [7, 11) is 1.62. The first-order valence-corrected chi connectivity index (χ1v) is 11.4. The molecular weight excluding hydrogens is 454 g/mol. The summed E-state index contributed by atoms with van der Waals surface area (Å²) in [6, 6.07) is 7.97. The summed E-state index contributed by atoms with van der Waals surface area (Å²) in [4.78, 5) is 13.8. The second kappa shape index (κ2) is 8.57. The number of rotatable bonds is 7. The van der Waals surface area contributed by atoms with Crippen LogP contribution in [-0.4, -0.2) is 82.7 Å². The van der Waals surface area contributed by atoms with Crippen LogP contribution in [0, 0.1) is 0 Å². The third-order valence-corrected chi connectivity index (χ3v) is 6.33. The molecule has 0 unspecified atom stereocenters. The van der Waals surface area contributed by atoms with E-state index in [1.54, 1.807) is 22.6 Å². The zero-order valence-corrected chi connectivity index (χ0v) is 18.9. The molecule has 1 aliphatic carbocycles. The number of hydrogen-bond acceptors (Lipinski definition) is 10. The van der Waals surface area contributed by atoms with Gasteiger partial charge in [0.1, 0.15) is 24.1 Å². The SMILES string of the molecule is COc1ccc(-c2cnn(-c3nc(NC4CC4)c4ncn([C@@H]5O[C@H](CO)[C@@H](O)[C@H]5O)c4n3)c2)cc1. The highest BCUT2D eigenvalue weighted by molar-refractivity contribution is 5.84. The van der Waals surface area contributed by atoms with Gasteiger partial charge in [-0.05, 0) is 30.5 Å². The minimum Gasteiger partial charge on any atom is -0.497 e. The van der Waals surface area contributed by atoms with Gasteiger partial charge in [-0.3, -0.25) is 4.57 Å². The van der Waals surface area contributed by atoms with E-state index in [1.807, 2.05) is 30.5 Å². The molecule has 12 heteroatoms. The van der Waals surface area contributed by atoms with Crippen molar-refractivity contribution in [2.75, 3.05) is 19.0 Å². The lowest BCUT2D eigenvalue weighted by Crippen LogP contribution is -2.33. The Hall–Kier alpha value is -3.58. The number of hydrogen-bond donors (Lipinski definition) is 4. The predicted octanol–water partition coefficient (Wildman–Crippen LogP) is 0.873. The van der Waals surface area contributed by atoms with Gasteiger partial charge in [0, 0.05) is 17.8 Å².